The Kier molecular flexibility index (Phi) is 3.38. The molecular weight excluding hydrogens is 198 g/mol. The predicted octanol–water partition coefficient (Wildman–Crippen LogP) is 3.34. The van der Waals surface area contributed by atoms with Crippen molar-refractivity contribution in [3.8, 4) is 11.8 Å². The van der Waals surface area contributed by atoms with Crippen LogP contribution in [-0.4, -0.2) is 7.11 Å². The summed E-state index contributed by atoms with van der Waals surface area (Å²) in [7, 11) is 1.58. The number of methoxy groups -OCH3 is 1. The minimum absolute atomic E-state index is 0.247. The molecular formula is C11H12ClNO. The Morgan fingerprint density at radius 2 is 2.07 bits per heavy atom. The maximum atomic E-state index is 8.95. The minimum atomic E-state index is 0.247. The molecule has 0 aliphatic heterocycles. The van der Waals surface area contributed by atoms with Crippen molar-refractivity contribution in [2.24, 2.45) is 0 Å². The van der Waals surface area contributed by atoms with Gasteiger partial charge in [0, 0.05) is 10.6 Å². The summed E-state index contributed by atoms with van der Waals surface area (Å²) in [6, 6.07) is 5.53. The van der Waals surface area contributed by atoms with Crippen molar-refractivity contribution in [1.82, 2.24) is 0 Å². The molecule has 0 atom stereocenters. The summed E-state index contributed by atoms with van der Waals surface area (Å²) in [6.07, 6.45) is 0. The van der Waals surface area contributed by atoms with Crippen molar-refractivity contribution in [3.05, 3.63) is 28.3 Å². The average molecular weight is 210 g/mol. The maximum Gasteiger partial charge on any atom is 0.125 e. The smallest absolute Gasteiger partial charge is 0.125 e. The van der Waals surface area contributed by atoms with Crippen LogP contribution in [0.2, 0.25) is 5.02 Å². The van der Waals surface area contributed by atoms with Crippen LogP contribution in [0.5, 0.6) is 5.75 Å². The molecule has 0 aliphatic carbocycles. The second-order valence-electron chi connectivity index (χ2n) is 3.34. The van der Waals surface area contributed by atoms with Crippen LogP contribution in [0.25, 0.3) is 0 Å². The Morgan fingerprint density at radius 3 is 2.50 bits per heavy atom. The predicted molar refractivity (Wildman–Crippen MR) is 56.8 cm³/mol. The summed E-state index contributed by atoms with van der Waals surface area (Å²) >= 11 is 5.85. The highest BCUT2D eigenvalue weighted by atomic mass is 35.5. The fourth-order valence-electron chi connectivity index (χ4n) is 1.45. The molecule has 0 saturated heterocycles. The molecule has 1 aromatic carbocycles. The summed E-state index contributed by atoms with van der Waals surface area (Å²) < 4.78 is 5.19. The third kappa shape index (κ3) is 2.00. The first-order valence-electron chi connectivity index (χ1n) is 4.37. The van der Waals surface area contributed by atoms with E-state index in [0.29, 0.717) is 16.3 Å². The van der Waals surface area contributed by atoms with E-state index in [4.69, 9.17) is 21.6 Å². The van der Waals surface area contributed by atoms with Crippen LogP contribution in [0.1, 0.15) is 30.9 Å². The molecule has 0 bridgehead atoms. The van der Waals surface area contributed by atoms with Gasteiger partial charge in [-0.1, -0.05) is 25.4 Å². The Bertz CT molecular complexity index is 380. The molecule has 1 rings (SSSR count). The van der Waals surface area contributed by atoms with E-state index >= 15 is 0 Å². The first-order chi connectivity index (χ1) is 6.60. The molecule has 0 heterocycles. The Hall–Kier alpha value is -1.20. The summed E-state index contributed by atoms with van der Waals surface area (Å²) in [5.74, 6) is 0.931. The molecule has 0 unspecified atom stereocenters. The first kappa shape index (κ1) is 10.9. The van der Waals surface area contributed by atoms with Crippen molar-refractivity contribution in [2.75, 3.05) is 7.11 Å². The van der Waals surface area contributed by atoms with Crippen LogP contribution >= 0.6 is 11.6 Å². The van der Waals surface area contributed by atoms with Crippen molar-refractivity contribution >= 4 is 11.6 Å². The molecule has 0 fully saturated rings. The number of hydrogen-bond donors (Lipinski definition) is 0. The second kappa shape index (κ2) is 4.34. The van der Waals surface area contributed by atoms with Gasteiger partial charge in [0.15, 0.2) is 0 Å². The molecule has 0 aromatic heterocycles. The van der Waals surface area contributed by atoms with Crippen molar-refractivity contribution < 1.29 is 4.74 Å². The number of nitrogens with zero attached hydrogens (tertiary/aromatic N) is 1. The second-order valence-corrected chi connectivity index (χ2v) is 3.77. The third-order valence-electron chi connectivity index (χ3n) is 2.02. The summed E-state index contributed by atoms with van der Waals surface area (Å²) in [4.78, 5) is 0. The molecule has 2 nitrogen and oxygen atoms in total. The number of benzene rings is 1. The maximum absolute atomic E-state index is 8.95. The number of halogens is 1. The van der Waals surface area contributed by atoms with Crippen LogP contribution in [0, 0.1) is 11.3 Å². The van der Waals surface area contributed by atoms with E-state index in [1.165, 1.54) is 0 Å². The lowest BCUT2D eigenvalue weighted by molar-refractivity contribution is 0.407. The van der Waals surface area contributed by atoms with Gasteiger partial charge >= 0.3 is 0 Å². The standard InChI is InChI=1S/C11H12ClNO/c1-7(2)11-8(6-13)4-9(12)5-10(11)14-3/h4-5,7H,1-3H3. The lowest BCUT2D eigenvalue weighted by Crippen LogP contribution is -1.98. The first-order valence-corrected chi connectivity index (χ1v) is 4.75. The van der Waals surface area contributed by atoms with E-state index in [1.54, 1.807) is 19.2 Å². The Balaban J connectivity index is 3.42. The van der Waals surface area contributed by atoms with Gasteiger partial charge in [-0.2, -0.15) is 5.26 Å². The summed E-state index contributed by atoms with van der Waals surface area (Å²) in [5, 5.41) is 9.48. The third-order valence-corrected chi connectivity index (χ3v) is 2.24. The van der Waals surface area contributed by atoms with Crippen molar-refractivity contribution in [2.45, 2.75) is 19.8 Å². The molecule has 74 valence electrons. The normalized spacial score (nSPS) is 10.0. The van der Waals surface area contributed by atoms with Gasteiger partial charge in [0.25, 0.3) is 0 Å². The molecule has 14 heavy (non-hydrogen) atoms. The number of nitriles is 1. The molecule has 1 aromatic rings. The highest BCUT2D eigenvalue weighted by molar-refractivity contribution is 6.30. The van der Waals surface area contributed by atoms with Crippen molar-refractivity contribution in [3.63, 3.8) is 0 Å². The zero-order valence-electron chi connectivity index (χ0n) is 8.47. The van der Waals surface area contributed by atoms with E-state index in [0.717, 1.165) is 5.56 Å². The number of hydrogen-bond acceptors (Lipinski definition) is 2. The molecule has 0 spiro atoms. The van der Waals surface area contributed by atoms with Crippen LogP contribution in [0.15, 0.2) is 12.1 Å². The van der Waals surface area contributed by atoms with Crippen LogP contribution in [0.4, 0.5) is 0 Å². The minimum Gasteiger partial charge on any atom is -0.496 e. The topological polar surface area (TPSA) is 33.0 Å². The molecule has 0 aliphatic rings. The Morgan fingerprint density at radius 1 is 1.43 bits per heavy atom. The van der Waals surface area contributed by atoms with Gasteiger partial charge in [-0.05, 0) is 18.1 Å². The zero-order valence-corrected chi connectivity index (χ0v) is 9.22. The van der Waals surface area contributed by atoms with Gasteiger partial charge in [-0.3, -0.25) is 0 Å². The Labute approximate surface area is 89.1 Å². The van der Waals surface area contributed by atoms with Crippen LogP contribution in [0.3, 0.4) is 0 Å². The molecule has 3 heteroatoms. The molecule has 0 saturated carbocycles. The van der Waals surface area contributed by atoms with Gasteiger partial charge in [0.2, 0.25) is 0 Å². The van der Waals surface area contributed by atoms with Gasteiger partial charge in [0.05, 0.1) is 18.7 Å². The van der Waals surface area contributed by atoms with Crippen LogP contribution < -0.4 is 4.74 Å². The number of ether oxygens (including phenoxy) is 1. The average Bonchev–Trinajstić information content (AvgIpc) is 2.15. The van der Waals surface area contributed by atoms with Gasteiger partial charge in [-0.15, -0.1) is 0 Å². The SMILES string of the molecule is COc1cc(Cl)cc(C#N)c1C(C)C. The monoisotopic (exact) mass is 209 g/mol. The lowest BCUT2D eigenvalue weighted by atomic mass is 9.97. The fourth-order valence-corrected chi connectivity index (χ4v) is 1.66. The van der Waals surface area contributed by atoms with E-state index in [2.05, 4.69) is 6.07 Å². The molecule has 0 radical (unpaired) electrons. The highest BCUT2D eigenvalue weighted by Gasteiger charge is 2.13. The molecule has 0 amide bonds. The highest BCUT2D eigenvalue weighted by Crippen LogP contribution is 2.32. The van der Waals surface area contributed by atoms with E-state index < -0.39 is 0 Å². The number of rotatable bonds is 2. The van der Waals surface area contributed by atoms with Gasteiger partial charge < -0.3 is 4.74 Å². The fraction of sp³-hybridized carbons (Fsp3) is 0.364. The van der Waals surface area contributed by atoms with E-state index in [9.17, 15) is 0 Å². The summed E-state index contributed by atoms with van der Waals surface area (Å²) in [6.45, 7) is 4.04. The largest absolute Gasteiger partial charge is 0.496 e. The van der Waals surface area contributed by atoms with Crippen molar-refractivity contribution in [1.29, 1.82) is 5.26 Å². The van der Waals surface area contributed by atoms with E-state index in [-0.39, 0.29) is 5.92 Å². The molecule has 0 N–H and O–H groups in total. The van der Waals surface area contributed by atoms with Crippen LogP contribution in [-0.2, 0) is 0 Å². The lowest BCUT2D eigenvalue weighted by Gasteiger charge is -2.13. The van der Waals surface area contributed by atoms with Gasteiger partial charge in [-0.25, -0.2) is 0 Å². The summed E-state index contributed by atoms with van der Waals surface area (Å²) in [5.41, 5.74) is 1.50. The quantitative estimate of drug-likeness (QED) is 0.749. The zero-order chi connectivity index (χ0) is 10.7. The van der Waals surface area contributed by atoms with E-state index in [1.807, 2.05) is 13.8 Å². The van der Waals surface area contributed by atoms with Gasteiger partial charge in [0.1, 0.15) is 5.75 Å².